The largest absolute Gasteiger partial charge is 0.425 e. The Hall–Kier alpha value is -3.52. The minimum atomic E-state index is -0.645. The fourth-order valence-electron chi connectivity index (χ4n) is 2.44. The predicted octanol–water partition coefficient (Wildman–Crippen LogP) is 3.40. The molecule has 29 heavy (non-hydrogen) atoms. The summed E-state index contributed by atoms with van der Waals surface area (Å²) in [5.41, 5.74) is 1.07. The molecule has 0 atom stereocenters. The Kier molecular flexibility index (Phi) is 6.70. The standard InChI is InChI=1S/C21H17FN2O4S/c22-15-4-1-3-14(11-15)12-19(25)23-13-20(26)28-17-8-6-16(7-9-17)24-21(27)18-5-2-10-29-18/h1-11H,12-13H2,(H,23,25)(H,24,27). The lowest BCUT2D eigenvalue weighted by Gasteiger charge is -2.08. The van der Waals surface area contributed by atoms with Crippen LogP contribution in [0, 0.1) is 5.82 Å². The van der Waals surface area contributed by atoms with Gasteiger partial charge in [-0.1, -0.05) is 18.2 Å². The number of hydrogen-bond donors (Lipinski definition) is 2. The van der Waals surface area contributed by atoms with Crippen LogP contribution in [0.15, 0.2) is 66.0 Å². The number of anilines is 1. The number of hydrogen-bond acceptors (Lipinski definition) is 5. The number of nitrogens with one attached hydrogen (secondary N) is 2. The third-order valence-electron chi connectivity index (χ3n) is 3.77. The van der Waals surface area contributed by atoms with Gasteiger partial charge in [-0.05, 0) is 53.4 Å². The van der Waals surface area contributed by atoms with Crippen LogP contribution in [0.3, 0.4) is 0 Å². The molecular weight excluding hydrogens is 395 g/mol. The molecule has 0 saturated carbocycles. The van der Waals surface area contributed by atoms with Gasteiger partial charge in [0.15, 0.2) is 0 Å². The Morgan fingerprint density at radius 2 is 1.79 bits per heavy atom. The van der Waals surface area contributed by atoms with Crippen molar-refractivity contribution in [2.24, 2.45) is 0 Å². The smallest absolute Gasteiger partial charge is 0.330 e. The highest BCUT2D eigenvalue weighted by molar-refractivity contribution is 7.12. The summed E-state index contributed by atoms with van der Waals surface area (Å²) in [6, 6.07) is 15.5. The van der Waals surface area contributed by atoms with Gasteiger partial charge in [0.1, 0.15) is 18.1 Å². The lowest BCUT2D eigenvalue weighted by Crippen LogP contribution is -2.32. The van der Waals surface area contributed by atoms with Crippen LogP contribution >= 0.6 is 11.3 Å². The van der Waals surface area contributed by atoms with Crippen LogP contribution in [0.25, 0.3) is 0 Å². The molecule has 0 saturated heterocycles. The van der Waals surface area contributed by atoms with E-state index in [1.165, 1.54) is 41.7 Å². The molecule has 1 aromatic heterocycles. The number of benzene rings is 2. The van der Waals surface area contributed by atoms with Crippen LogP contribution in [-0.4, -0.2) is 24.3 Å². The van der Waals surface area contributed by atoms with Crippen LogP contribution in [-0.2, 0) is 16.0 Å². The van der Waals surface area contributed by atoms with E-state index in [0.29, 0.717) is 16.1 Å². The second-order valence-electron chi connectivity index (χ2n) is 6.01. The molecule has 6 nitrogen and oxygen atoms in total. The first-order chi connectivity index (χ1) is 14.0. The summed E-state index contributed by atoms with van der Waals surface area (Å²) >= 11 is 1.34. The van der Waals surface area contributed by atoms with Crippen LogP contribution < -0.4 is 15.4 Å². The van der Waals surface area contributed by atoms with Gasteiger partial charge in [0.05, 0.1) is 11.3 Å². The van der Waals surface area contributed by atoms with E-state index in [9.17, 15) is 18.8 Å². The van der Waals surface area contributed by atoms with Crippen molar-refractivity contribution >= 4 is 34.8 Å². The van der Waals surface area contributed by atoms with Crippen molar-refractivity contribution in [1.82, 2.24) is 5.32 Å². The number of halogens is 1. The number of rotatable bonds is 7. The van der Waals surface area contributed by atoms with Gasteiger partial charge in [-0.3, -0.25) is 9.59 Å². The molecular formula is C21H17FN2O4S. The number of ether oxygens (including phenoxy) is 1. The molecule has 8 heteroatoms. The normalized spacial score (nSPS) is 10.2. The summed E-state index contributed by atoms with van der Waals surface area (Å²) in [6.07, 6.45) is -0.0380. The molecule has 0 bridgehead atoms. The Bertz CT molecular complexity index is 1000. The maximum Gasteiger partial charge on any atom is 0.330 e. The quantitative estimate of drug-likeness (QED) is 0.460. The first-order valence-electron chi connectivity index (χ1n) is 8.66. The Morgan fingerprint density at radius 1 is 1.00 bits per heavy atom. The summed E-state index contributed by atoms with van der Waals surface area (Å²) in [5, 5.41) is 6.99. The van der Waals surface area contributed by atoms with Gasteiger partial charge >= 0.3 is 5.97 Å². The van der Waals surface area contributed by atoms with Crippen LogP contribution in [0.2, 0.25) is 0 Å². The highest BCUT2D eigenvalue weighted by Gasteiger charge is 2.10. The molecule has 2 aromatic carbocycles. The van der Waals surface area contributed by atoms with Crippen molar-refractivity contribution in [1.29, 1.82) is 0 Å². The van der Waals surface area contributed by atoms with Gasteiger partial charge in [0.2, 0.25) is 5.91 Å². The average molecular weight is 412 g/mol. The fraction of sp³-hybridized carbons (Fsp3) is 0.0952. The van der Waals surface area contributed by atoms with E-state index in [1.54, 1.807) is 30.3 Å². The van der Waals surface area contributed by atoms with Crippen LogP contribution in [0.4, 0.5) is 10.1 Å². The molecule has 0 aliphatic rings. The summed E-state index contributed by atoms with van der Waals surface area (Å²) in [6.45, 7) is -0.314. The topological polar surface area (TPSA) is 84.5 Å². The van der Waals surface area contributed by atoms with Gasteiger partial charge in [-0.2, -0.15) is 0 Å². The van der Waals surface area contributed by atoms with Gasteiger partial charge in [0.25, 0.3) is 5.91 Å². The van der Waals surface area contributed by atoms with Gasteiger partial charge in [0, 0.05) is 5.69 Å². The summed E-state index contributed by atoms with van der Waals surface area (Å²) in [7, 11) is 0. The molecule has 1 heterocycles. The van der Waals surface area contributed by atoms with Crippen molar-refractivity contribution in [2.45, 2.75) is 6.42 Å². The number of thiophene rings is 1. The van der Waals surface area contributed by atoms with Crippen LogP contribution in [0.5, 0.6) is 5.75 Å². The minimum Gasteiger partial charge on any atom is -0.425 e. The zero-order valence-electron chi connectivity index (χ0n) is 15.2. The van der Waals surface area contributed by atoms with E-state index in [-0.39, 0.29) is 24.6 Å². The molecule has 2 N–H and O–H groups in total. The van der Waals surface area contributed by atoms with E-state index >= 15 is 0 Å². The molecule has 0 aliphatic heterocycles. The molecule has 0 fully saturated rings. The molecule has 0 unspecified atom stereocenters. The first kappa shape index (κ1) is 20.2. The van der Waals surface area contributed by atoms with Crippen molar-refractivity contribution < 1.29 is 23.5 Å². The molecule has 148 valence electrons. The first-order valence-corrected chi connectivity index (χ1v) is 9.54. The van der Waals surface area contributed by atoms with E-state index in [1.807, 2.05) is 5.38 Å². The van der Waals surface area contributed by atoms with Crippen molar-refractivity contribution in [3.63, 3.8) is 0 Å². The minimum absolute atomic E-state index is 0.0380. The molecule has 3 rings (SSSR count). The predicted molar refractivity (Wildman–Crippen MR) is 107 cm³/mol. The number of amides is 2. The fourth-order valence-corrected chi connectivity index (χ4v) is 3.06. The van der Waals surface area contributed by atoms with Crippen molar-refractivity contribution in [3.8, 4) is 5.75 Å². The van der Waals surface area contributed by atoms with E-state index < -0.39 is 17.7 Å². The maximum atomic E-state index is 13.1. The zero-order valence-corrected chi connectivity index (χ0v) is 16.0. The number of esters is 1. The van der Waals surface area contributed by atoms with Crippen molar-refractivity contribution in [3.05, 3.63) is 82.3 Å². The number of carbonyl (C=O) groups is 3. The van der Waals surface area contributed by atoms with Gasteiger partial charge in [-0.15, -0.1) is 11.3 Å². The van der Waals surface area contributed by atoms with Crippen LogP contribution in [0.1, 0.15) is 15.2 Å². The van der Waals surface area contributed by atoms with Gasteiger partial charge < -0.3 is 15.4 Å². The Morgan fingerprint density at radius 3 is 2.48 bits per heavy atom. The summed E-state index contributed by atoms with van der Waals surface area (Å²) in [4.78, 5) is 36.3. The monoisotopic (exact) mass is 412 g/mol. The third-order valence-corrected chi connectivity index (χ3v) is 4.64. The second-order valence-corrected chi connectivity index (χ2v) is 6.96. The lowest BCUT2D eigenvalue weighted by molar-refractivity contribution is -0.135. The van der Waals surface area contributed by atoms with E-state index in [2.05, 4.69) is 10.6 Å². The summed E-state index contributed by atoms with van der Waals surface area (Å²) in [5.74, 6) is -1.42. The number of carbonyl (C=O) groups excluding carboxylic acids is 3. The molecule has 0 radical (unpaired) electrons. The highest BCUT2D eigenvalue weighted by Crippen LogP contribution is 2.18. The molecule has 3 aromatic rings. The third kappa shape index (κ3) is 6.25. The average Bonchev–Trinajstić information content (AvgIpc) is 3.23. The maximum absolute atomic E-state index is 13.1. The van der Waals surface area contributed by atoms with E-state index in [4.69, 9.17) is 4.74 Å². The molecule has 0 spiro atoms. The Balaban J connectivity index is 1.44. The zero-order chi connectivity index (χ0) is 20.6. The Labute approximate surface area is 170 Å². The lowest BCUT2D eigenvalue weighted by atomic mass is 10.1. The molecule has 0 aliphatic carbocycles. The second kappa shape index (κ2) is 9.61. The van der Waals surface area contributed by atoms with Gasteiger partial charge in [-0.25, -0.2) is 9.18 Å². The SMILES string of the molecule is O=C(Cc1cccc(F)c1)NCC(=O)Oc1ccc(NC(=O)c2cccs2)cc1. The summed E-state index contributed by atoms with van der Waals surface area (Å²) < 4.78 is 18.3. The highest BCUT2D eigenvalue weighted by atomic mass is 32.1. The molecule has 2 amide bonds. The van der Waals surface area contributed by atoms with Crippen molar-refractivity contribution in [2.75, 3.05) is 11.9 Å². The van der Waals surface area contributed by atoms with E-state index in [0.717, 1.165) is 0 Å².